The average molecular weight is 350 g/mol. The van der Waals surface area contributed by atoms with E-state index in [2.05, 4.69) is 20.2 Å². The zero-order valence-electron chi connectivity index (χ0n) is 14.1. The molecule has 0 atom stereocenters. The molecule has 0 unspecified atom stereocenters. The van der Waals surface area contributed by atoms with Gasteiger partial charge in [0.2, 0.25) is 0 Å². The van der Waals surface area contributed by atoms with Crippen molar-refractivity contribution in [3.8, 4) is 11.3 Å². The lowest BCUT2D eigenvalue weighted by molar-refractivity contribution is 0.545. The van der Waals surface area contributed by atoms with Crippen molar-refractivity contribution in [3.63, 3.8) is 0 Å². The number of aliphatic imine (C=N–C) groups is 1. The number of H-pyrrole nitrogens is 1. The van der Waals surface area contributed by atoms with Crippen molar-refractivity contribution >= 4 is 17.3 Å². The molecule has 1 fully saturated rings. The highest BCUT2D eigenvalue weighted by molar-refractivity contribution is 6.15. The van der Waals surface area contributed by atoms with Gasteiger partial charge in [-0.25, -0.2) is 14.1 Å². The predicted octanol–water partition coefficient (Wildman–Crippen LogP) is 3.84. The third-order valence-corrected chi connectivity index (χ3v) is 5.48. The summed E-state index contributed by atoms with van der Waals surface area (Å²) in [6, 6.07) is 5.38. The molecule has 6 nitrogen and oxygen atoms in total. The topological polar surface area (TPSA) is 62.1 Å². The van der Waals surface area contributed by atoms with Gasteiger partial charge in [0.1, 0.15) is 23.2 Å². The lowest BCUT2D eigenvalue weighted by atomic mass is 10.0. The fourth-order valence-corrected chi connectivity index (χ4v) is 4.13. The van der Waals surface area contributed by atoms with Gasteiger partial charge in [-0.15, -0.1) is 0 Å². The van der Waals surface area contributed by atoms with Gasteiger partial charge in [0.15, 0.2) is 0 Å². The second kappa shape index (κ2) is 5.03. The van der Waals surface area contributed by atoms with E-state index in [1.807, 2.05) is 16.9 Å². The lowest BCUT2D eigenvalue weighted by Crippen LogP contribution is -2.39. The van der Waals surface area contributed by atoms with E-state index >= 15 is 4.39 Å². The number of aryl methyl sites for hydroxylation is 1. The highest BCUT2D eigenvalue weighted by Crippen LogP contribution is 2.45. The van der Waals surface area contributed by atoms with Crippen LogP contribution in [0.3, 0.4) is 0 Å². The highest BCUT2D eigenvalue weighted by atomic mass is 19.1. The zero-order chi connectivity index (χ0) is 17.3. The summed E-state index contributed by atoms with van der Waals surface area (Å²) in [5, 5.41) is 11.7. The fraction of sp³-hybridized carbons (Fsp3) is 0.316. The Hall–Kier alpha value is -2.96. The van der Waals surface area contributed by atoms with Crippen LogP contribution in [0.4, 0.5) is 15.9 Å². The molecule has 4 heterocycles. The summed E-state index contributed by atoms with van der Waals surface area (Å²) in [6.45, 7) is 1.66. The summed E-state index contributed by atoms with van der Waals surface area (Å²) in [5.74, 6) is 1.87. The summed E-state index contributed by atoms with van der Waals surface area (Å²) in [7, 11) is 0. The van der Waals surface area contributed by atoms with Gasteiger partial charge in [-0.1, -0.05) is 12.1 Å². The number of anilines is 1. The number of hydrogen-bond acceptors (Lipinski definition) is 4. The van der Waals surface area contributed by atoms with Gasteiger partial charge in [-0.05, 0) is 36.8 Å². The number of aromatic nitrogens is 4. The molecule has 1 aliphatic carbocycles. The Balaban J connectivity index is 0.00000160. The molecule has 0 bridgehead atoms. The van der Waals surface area contributed by atoms with Crippen LogP contribution in [0, 0.1) is 5.82 Å². The summed E-state index contributed by atoms with van der Waals surface area (Å²) >= 11 is 0. The van der Waals surface area contributed by atoms with E-state index in [0.717, 1.165) is 60.7 Å². The third kappa shape index (κ3) is 1.88. The van der Waals surface area contributed by atoms with Crippen LogP contribution >= 0.6 is 0 Å². The molecule has 3 aliphatic rings. The number of nitrogens with one attached hydrogen (secondary N) is 1. The van der Waals surface area contributed by atoms with Crippen molar-refractivity contribution in [2.75, 3.05) is 11.4 Å². The van der Waals surface area contributed by atoms with E-state index in [-0.39, 0.29) is 7.24 Å². The Kier molecular flexibility index (Phi) is 2.75. The molecule has 1 N–H and O–H groups in total. The van der Waals surface area contributed by atoms with Crippen LogP contribution in [-0.2, 0) is 6.54 Å². The molecule has 2 aromatic heterocycles. The van der Waals surface area contributed by atoms with E-state index in [1.165, 1.54) is 6.07 Å². The van der Waals surface area contributed by atoms with Gasteiger partial charge in [0.05, 0.1) is 29.2 Å². The molecule has 2 aliphatic heterocycles. The molecule has 26 heavy (non-hydrogen) atoms. The van der Waals surface area contributed by atoms with Gasteiger partial charge in [-0.3, -0.25) is 5.10 Å². The van der Waals surface area contributed by atoms with Crippen LogP contribution in [0.5, 0.6) is 0 Å². The summed E-state index contributed by atoms with van der Waals surface area (Å²) < 4.78 is 17.0. The maximum Gasteiger partial charge on any atom is 0.145 e. The molecule has 1 saturated carbocycles. The molecule has 0 amide bonds. The Morgan fingerprint density at radius 1 is 1.19 bits per heavy atom. The predicted molar refractivity (Wildman–Crippen MR) is 98.5 cm³/mol. The Morgan fingerprint density at radius 3 is 3.00 bits per heavy atom. The number of rotatable bonds is 2. The minimum Gasteiger partial charge on any atom is -0.310 e. The second-order valence-corrected chi connectivity index (χ2v) is 7.15. The lowest BCUT2D eigenvalue weighted by Gasteiger charge is -2.31. The molecule has 132 valence electrons. The number of benzene rings is 1. The first-order valence-electron chi connectivity index (χ1n) is 9.06. The van der Waals surface area contributed by atoms with Gasteiger partial charge < -0.3 is 4.90 Å². The number of nitrogens with zero attached hydrogens (tertiary/aromatic N) is 5. The number of hydrogen-bond donors (Lipinski definition) is 1. The van der Waals surface area contributed by atoms with Crippen molar-refractivity contribution in [1.82, 2.24) is 20.0 Å². The minimum atomic E-state index is -0.210. The number of fused-ring (bicyclic) bond motifs is 2. The second-order valence-electron chi connectivity index (χ2n) is 7.15. The zero-order valence-corrected chi connectivity index (χ0v) is 14.1. The Morgan fingerprint density at radius 2 is 2.12 bits per heavy atom. The maximum absolute atomic E-state index is 15.0. The molecule has 6 rings (SSSR count). The van der Waals surface area contributed by atoms with Crippen molar-refractivity contribution < 1.29 is 5.82 Å². The monoisotopic (exact) mass is 350 g/mol. The molecule has 0 saturated heterocycles. The molecule has 3 aromatic rings. The van der Waals surface area contributed by atoms with Crippen molar-refractivity contribution in [1.29, 1.82) is 0 Å². The standard InChI is InChI=1S/C19H17FN6.H2/c20-14-4-1-3-12(11-5-6-11)16(14)18-23-15-10-21-24-17(15)13-9-22-26-8-2-7-25(18)19(13)26;/h1,3-4,9-11H,2,5-8H2,(H,21,24);1H. The first kappa shape index (κ1) is 14.2. The van der Waals surface area contributed by atoms with Gasteiger partial charge >= 0.3 is 0 Å². The molecule has 0 radical (unpaired) electrons. The number of halogens is 1. The van der Waals surface area contributed by atoms with Crippen molar-refractivity contribution in [3.05, 3.63) is 47.5 Å². The van der Waals surface area contributed by atoms with E-state index < -0.39 is 0 Å². The maximum atomic E-state index is 15.0. The normalized spacial score (nSPS) is 18.2. The summed E-state index contributed by atoms with van der Waals surface area (Å²) in [5.41, 5.74) is 4.24. The fourth-order valence-electron chi connectivity index (χ4n) is 4.13. The quantitative estimate of drug-likeness (QED) is 0.764. The number of amidine groups is 1. The van der Waals surface area contributed by atoms with Gasteiger partial charge in [0.25, 0.3) is 0 Å². The van der Waals surface area contributed by atoms with Crippen LogP contribution in [0.15, 0.2) is 35.6 Å². The van der Waals surface area contributed by atoms with E-state index in [1.54, 1.807) is 12.3 Å². The van der Waals surface area contributed by atoms with Crippen LogP contribution in [0.2, 0.25) is 0 Å². The minimum absolute atomic E-state index is 0. The van der Waals surface area contributed by atoms with E-state index in [0.29, 0.717) is 17.3 Å². The Labute approximate surface area is 150 Å². The molecule has 7 heteroatoms. The highest BCUT2D eigenvalue weighted by Gasteiger charge is 2.36. The SMILES string of the molecule is Fc1cccc(C2CC2)c1C1=Nc2cn[nH]c2-c2cnn3c2N1CCC3.[HH]. The number of aromatic amines is 1. The largest absolute Gasteiger partial charge is 0.310 e. The molecular weight excluding hydrogens is 331 g/mol. The first-order valence-corrected chi connectivity index (χ1v) is 9.06. The van der Waals surface area contributed by atoms with E-state index in [4.69, 9.17) is 4.99 Å². The molecule has 0 spiro atoms. The Bertz CT molecular complexity index is 1060. The van der Waals surface area contributed by atoms with E-state index in [9.17, 15) is 0 Å². The van der Waals surface area contributed by atoms with Crippen LogP contribution < -0.4 is 4.90 Å². The van der Waals surface area contributed by atoms with Gasteiger partial charge in [0, 0.05) is 14.5 Å². The van der Waals surface area contributed by atoms with Crippen molar-refractivity contribution in [2.24, 2.45) is 4.99 Å². The molecular formula is C19H19FN6. The van der Waals surface area contributed by atoms with Crippen molar-refractivity contribution in [2.45, 2.75) is 31.7 Å². The summed E-state index contributed by atoms with van der Waals surface area (Å²) in [4.78, 5) is 7.01. The summed E-state index contributed by atoms with van der Waals surface area (Å²) in [6.07, 6.45) is 6.74. The average Bonchev–Trinajstić information content (AvgIpc) is 3.28. The molecule has 1 aromatic carbocycles. The van der Waals surface area contributed by atoms with Gasteiger partial charge in [-0.2, -0.15) is 10.2 Å². The van der Waals surface area contributed by atoms with Crippen LogP contribution in [0.25, 0.3) is 11.3 Å². The third-order valence-electron chi connectivity index (χ3n) is 5.48. The first-order chi connectivity index (χ1) is 12.8. The van der Waals surface area contributed by atoms with Crippen LogP contribution in [0.1, 0.15) is 37.7 Å². The van der Waals surface area contributed by atoms with Crippen LogP contribution in [-0.4, -0.2) is 32.4 Å². The smallest absolute Gasteiger partial charge is 0.145 e.